The first-order chi connectivity index (χ1) is 8.86. The Morgan fingerprint density at radius 3 is 2.42 bits per heavy atom. The van der Waals surface area contributed by atoms with Crippen LogP contribution in [0.15, 0.2) is 18.2 Å². The lowest BCUT2D eigenvalue weighted by Crippen LogP contribution is -2.07. The Morgan fingerprint density at radius 2 is 1.89 bits per heavy atom. The highest BCUT2D eigenvalue weighted by molar-refractivity contribution is 9.09. The van der Waals surface area contributed by atoms with Crippen molar-refractivity contribution in [1.29, 1.82) is 0 Å². The SMILES string of the molecule is O=C(CCCCCBr)c1ccc(C(F)(F)F)c(Cl)c1. The summed E-state index contributed by atoms with van der Waals surface area (Å²) < 4.78 is 37.5. The van der Waals surface area contributed by atoms with E-state index in [2.05, 4.69) is 15.9 Å². The van der Waals surface area contributed by atoms with Gasteiger partial charge in [-0.1, -0.05) is 40.0 Å². The van der Waals surface area contributed by atoms with E-state index in [1.165, 1.54) is 6.07 Å². The van der Waals surface area contributed by atoms with Crippen molar-refractivity contribution in [3.05, 3.63) is 34.3 Å². The number of carbonyl (C=O) groups excluding carboxylic acids is 1. The lowest BCUT2D eigenvalue weighted by molar-refractivity contribution is -0.137. The van der Waals surface area contributed by atoms with Gasteiger partial charge in [0, 0.05) is 17.3 Å². The Labute approximate surface area is 123 Å². The molecule has 0 radical (unpaired) electrons. The van der Waals surface area contributed by atoms with Crippen LogP contribution in [0.4, 0.5) is 13.2 Å². The second-order valence-electron chi connectivity index (χ2n) is 4.12. The molecule has 0 aromatic heterocycles. The first-order valence-corrected chi connectivity index (χ1v) is 7.32. The van der Waals surface area contributed by atoms with Crippen LogP contribution >= 0.6 is 27.5 Å². The largest absolute Gasteiger partial charge is 0.417 e. The van der Waals surface area contributed by atoms with Crippen molar-refractivity contribution < 1.29 is 18.0 Å². The van der Waals surface area contributed by atoms with Gasteiger partial charge in [0.25, 0.3) is 0 Å². The van der Waals surface area contributed by atoms with Crippen LogP contribution in [0.1, 0.15) is 41.6 Å². The van der Waals surface area contributed by atoms with E-state index < -0.39 is 16.8 Å². The normalized spacial score (nSPS) is 11.6. The monoisotopic (exact) mass is 356 g/mol. The fraction of sp³-hybridized carbons (Fsp3) is 0.462. The summed E-state index contributed by atoms with van der Waals surface area (Å²) in [4.78, 5) is 11.8. The molecule has 19 heavy (non-hydrogen) atoms. The summed E-state index contributed by atoms with van der Waals surface area (Å²) in [7, 11) is 0. The predicted molar refractivity (Wildman–Crippen MR) is 73.0 cm³/mol. The predicted octanol–water partition coefficient (Wildman–Crippen LogP) is 5.50. The molecule has 0 saturated carbocycles. The number of halogens is 5. The van der Waals surface area contributed by atoms with Crippen LogP contribution < -0.4 is 0 Å². The fourth-order valence-corrected chi connectivity index (χ4v) is 2.30. The minimum Gasteiger partial charge on any atom is -0.294 e. The first-order valence-electron chi connectivity index (χ1n) is 5.82. The molecule has 0 saturated heterocycles. The minimum atomic E-state index is -4.49. The molecule has 0 fully saturated rings. The van der Waals surface area contributed by atoms with E-state index in [-0.39, 0.29) is 11.3 Å². The zero-order valence-electron chi connectivity index (χ0n) is 10.1. The van der Waals surface area contributed by atoms with Crippen LogP contribution in [0.25, 0.3) is 0 Å². The van der Waals surface area contributed by atoms with Gasteiger partial charge in [-0.05, 0) is 25.0 Å². The summed E-state index contributed by atoms with van der Waals surface area (Å²) in [5.41, 5.74) is -0.679. The Morgan fingerprint density at radius 1 is 1.21 bits per heavy atom. The van der Waals surface area contributed by atoms with Gasteiger partial charge in [-0.3, -0.25) is 4.79 Å². The number of benzene rings is 1. The van der Waals surface area contributed by atoms with Crippen LogP contribution in [0.3, 0.4) is 0 Å². The molecular formula is C13H13BrClF3O. The molecule has 6 heteroatoms. The van der Waals surface area contributed by atoms with Crippen LogP contribution in [0.2, 0.25) is 5.02 Å². The van der Waals surface area contributed by atoms with Gasteiger partial charge in [-0.25, -0.2) is 0 Å². The maximum atomic E-state index is 12.5. The van der Waals surface area contributed by atoms with Crippen molar-refractivity contribution in [2.24, 2.45) is 0 Å². The highest BCUT2D eigenvalue weighted by Crippen LogP contribution is 2.35. The number of rotatable bonds is 6. The summed E-state index contributed by atoms with van der Waals surface area (Å²) in [6.45, 7) is 0. The van der Waals surface area contributed by atoms with Gasteiger partial charge >= 0.3 is 6.18 Å². The standard InChI is InChI=1S/C13H13BrClF3O/c14-7-3-1-2-4-12(19)9-5-6-10(11(15)8-9)13(16,17)18/h5-6,8H,1-4,7H2. The zero-order chi connectivity index (χ0) is 14.5. The lowest BCUT2D eigenvalue weighted by Gasteiger charge is -2.09. The number of hydrogen-bond donors (Lipinski definition) is 0. The van der Waals surface area contributed by atoms with Gasteiger partial charge in [0.2, 0.25) is 0 Å². The Bertz CT molecular complexity index is 446. The van der Waals surface area contributed by atoms with E-state index in [9.17, 15) is 18.0 Å². The minimum absolute atomic E-state index is 0.176. The van der Waals surface area contributed by atoms with Gasteiger partial charge < -0.3 is 0 Å². The van der Waals surface area contributed by atoms with E-state index in [0.717, 1.165) is 36.7 Å². The van der Waals surface area contributed by atoms with E-state index in [0.29, 0.717) is 6.42 Å². The van der Waals surface area contributed by atoms with Gasteiger partial charge in [-0.2, -0.15) is 13.2 Å². The van der Waals surface area contributed by atoms with Gasteiger partial charge in [0.1, 0.15) is 0 Å². The van der Waals surface area contributed by atoms with E-state index in [1.807, 2.05) is 0 Å². The number of unbranched alkanes of at least 4 members (excludes halogenated alkanes) is 2. The number of carbonyl (C=O) groups is 1. The highest BCUT2D eigenvalue weighted by atomic mass is 79.9. The molecule has 1 aromatic carbocycles. The van der Waals surface area contributed by atoms with Crippen LogP contribution in [0, 0.1) is 0 Å². The zero-order valence-corrected chi connectivity index (χ0v) is 12.4. The van der Waals surface area contributed by atoms with Crippen molar-refractivity contribution in [1.82, 2.24) is 0 Å². The van der Waals surface area contributed by atoms with Gasteiger partial charge in [0.15, 0.2) is 5.78 Å². The number of alkyl halides is 4. The molecular weight excluding hydrogens is 344 g/mol. The molecule has 1 aromatic rings. The smallest absolute Gasteiger partial charge is 0.294 e. The first kappa shape index (κ1) is 16.5. The van der Waals surface area contributed by atoms with Crippen LogP contribution in [0.5, 0.6) is 0 Å². The van der Waals surface area contributed by atoms with Crippen molar-refractivity contribution in [3.8, 4) is 0 Å². The number of Topliss-reactive ketones (excluding diaryl/α,β-unsaturated/α-hetero) is 1. The fourth-order valence-electron chi connectivity index (χ4n) is 1.62. The molecule has 1 nitrogen and oxygen atoms in total. The summed E-state index contributed by atoms with van der Waals surface area (Å²) in [6.07, 6.45) is -1.56. The van der Waals surface area contributed by atoms with Crippen molar-refractivity contribution in [3.63, 3.8) is 0 Å². The van der Waals surface area contributed by atoms with E-state index in [1.54, 1.807) is 0 Å². The maximum absolute atomic E-state index is 12.5. The second-order valence-corrected chi connectivity index (χ2v) is 5.32. The molecule has 0 unspecified atom stereocenters. The Balaban J connectivity index is 2.70. The average molecular weight is 358 g/mol. The van der Waals surface area contributed by atoms with Crippen LogP contribution in [-0.2, 0) is 6.18 Å². The third-order valence-electron chi connectivity index (χ3n) is 2.63. The molecule has 0 amide bonds. The Hall–Kier alpha value is -0.550. The third-order valence-corrected chi connectivity index (χ3v) is 3.51. The summed E-state index contributed by atoms with van der Waals surface area (Å²) in [5.74, 6) is -0.176. The van der Waals surface area contributed by atoms with Gasteiger partial charge in [-0.15, -0.1) is 0 Å². The molecule has 0 aliphatic rings. The molecule has 0 bridgehead atoms. The summed E-state index contributed by atoms with van der Waals surface area (Å²) in [5, 5.41) is 0.451. The van der Waals surface area contributed by atoms with Crippen LogP contribution in [-0.4, -0.2) is 11.1 Å². The molecule has 0 heterocycles. The molecule has 1 rings (SSSR count). The molecule has 0 atom stereocenters. The van der Waals surface area contributed by atoms with E-state index in [4.69, 9.17) is 11.6 Å². The number of ketones is 1. The van der Waals surface area contributed by atoms with Gasteiger partial charge in [0.05, 0.1) is 10.6 Å². The second kappa shape index (κ2) is 7.29. The van der Waals surface area contributed by atoms with Crippen molar-refractivity contribution in [2.75, 3.05) is 5.33 Å². The highest BCUT2D eigenvalue weighted by Gasteiger charge is 2.33. The molecule has 0 N–H and O–H groups in total. The topological polar surface area (TPSA) is 17.1 Å². The quantitative estimate of drug-likeness (QED) is 0.373. The Kier molecular flexibility index (Phi) is 6.33. The lowest BCUT2D eigenvalue weighted by atomic mass is 10.0. The maximum Gasteiger partial charge on any atom is 0.417 e. The average Bonchev–Trinajstić information content (AvgIpc) is 2.32. The van der Waals surface area contributed by atoms with E-state index >= 15 is 0 Å². The summed E-state index contributed by atoms with van der Waals surface area (Å²) >= 11 is 8.85. The van der Waals surface area contributed by atoms with Crippen molar-refractivity contribution >= 4 is 33.3 Å². The van der Waals surface area contributed by atoms with Crippen molar-refractivity contribution in [2.45, 2.75) is 31.9 Å². The molecule has 0 spiro atoms. The summed E-state index contributed by atoms with van der Waals surface area (Å²) in [6, 6.07) is 3.13. The molecule has 0 aliphatic heterocycles. The molecule has 106 valence electrons. The number of hydrogen-bond acceptors (Lipinski definition) is 1. The third kappa shape index (κ3) is 5.15. The molecule has 0 aliphatic carbocycles.